The normalized spacial score (nSPS) is 13.5. The van der Waals surface area contributed by atoms with Crippen molar-refractivity contribution in [2.24, 2.45) is 0 Å². The van der Waals surface area contributed by atoms with Gasteiger partial charge in [0.1, 0.15) is 0 Å². The van der Waals surface area contributed by atoms with Crippen LogP contribution in [-0.4, -0.2) is 6.67 Å². The zero-order valence-corrected chi connectivity index (χ0v) is 23.3. The number of anilines is 2. The van der Waals surface area contributed by atoms with Crippen LogP contribution in [0, 0.1) is 41.0 Å². The van der Waals surface area contributed by atoms with Crippen molar-refractivity contribution in [2.45, 2.75) is 73.1 Å². The molecule has 0 aliphatic carbocycles. The van der Waals surface area contributed by atoms with Crippen molar-refractivity contribution in [1.82, 2.24) is 0 Å². The van der Waals surface area contributed by atoms with E-state index in [9.17, 15) is 5.11 Å². The van der Waals surface area contributed by atoms with Gasteiger partial charge in [0.15, 0.2) is 0 Å². The molecule has 1 aliphatic rings. The first kappa shape index (κ1) is 29.3. The zero-order chi connectivity index (χ0) is 24.4. The Kier molecular flexibility index (Phi) is 9.86. The molecule has 0 aromatic heterocycles. The Bertz CT molecular complexity index is 957. The van der Waals surface area contributed by atoms with Crippen LogP contribution in [0.15, 0.2) is 36.7 Å². The Morgan fingerprint density at radius 3 is 1.76 bits per heavy atom. The van der Waals surface area contributed by atoms with Crippen LogP contribution >= 0.6 is 0 Å². The first-order valence-corrected chi connectivity index (χ1v) is 11.3. The SMILES string of the molecule is Cc1cc(C)c(N2C=CN(c3cc(C(C)(C)C)cc(C(C)(C)C)c3[O-])C2)c(C)c1.[CH2][CH][CH2].[Pd+2]. The molecule has 0 fully saturated rings. The van der Waals surface area contributed by atoms with Crippen LogP contribution in [-0.2, 0) is 31.3 Å². The molecule has 2 aromatic rings. The second-order valence-corrected chi connectivity index (χ2v) is 10.8. The Morgan fingerprint density at radius 1 is 0.818 bits per heavy atom. The van der Waals surface area contributed by atoms with Gasteiger partial charge in [0.25, 0.3) is 0 Å². The minimum atomic E-state index is -0.194. The van der Waals surface area contributed by atoms with E-state index in [2.05, 4.69) is 116 Å². The third-order valence-electron chi connectivity index (χ3n) is 5.71. The van der Waals surface area contributed by atoms with Gasteiger partial charge in [-0.1, -0.05) is 71.1 Å². The minimum absolute atomic E-state index is 0. The van der Waals surface area contributed by atoms with E-state index in [-0.39, 0.29) is 37.0 Å². The largest absolute Gasteiger partial charge is 2.00 e. The summed E-state index contributed by atoms with van der Waals surface area (Å²) in [7, 11) is 0. The number of benzene rings is 2. The topological polar surface area (TPSA) is 29.5 Å². The Morgan fingerprint density at radius 2 is 1.30 bits per heavy atom. The molecule has 3 rings (SSSR count). The molecule has 4 heteroatoms. The first-order chi connectivity index (χ1) is 14.7. The fraction of sp³-hybridized carbons (Fsp3) is 0.414. The summed E-state index contributed by atoms with van der Waals surface area (Å²) in [5.41, 5.74) is 7.66. The van der Waals surface area contributed by atoms with Gasteiger partial charge in [-0.25, -0.2) is 0 Å². The maximum atomic E-state index is 13.4. The van der Waals surface area contributed by atoms with Gasteiger partial charge in [-0.05, 0) is 80.2 Å². The monoisotopic (exact) mass is 538 g/mol. The number of hydrogen-bond acceptors (Lipinski definition) is 3. The molecular formula is C29H40N2OPd+. The second-order valence-electron chi connectivity index (χ2n) is 10.8. The van der Waals surface area contributed by atoms with E-state index in [1.54, 1.807) is 0 Å². The summed E-state index contributed by atoms with van der Waals surface area (Å²) < 4.78 is 0. The summed E-state index contributed by atoms with van der Waals surface area (Å²) in [5, 5.41) is 13.4. The maximum absolute atomic E-state index is 13.4. The molecule has 0 bridgehead atoms. The zero-order valence-electron chi connectivity index (χ0n) is 21.8. The van der Waals surface area contributed by atoms with Crippen LogP contribution < -0.4 is 14.9 Å². The van der Waals surface area contributed by atoms with Gasteiger partial charge >= 0.3 is 20.4 Å². The molecule has 0 atom stereocenters. The number of nitrogens with zero attached hydrogens (tertiary/aromatic N) is 2. The van der Waals surface area contributed by atoms with Crippen LogP contribution in [0.1, 0.15) is 69.4 Å². The summed E-state index contributed by atoms with van der Waals surface area (Å²) in [4.78, 5) is 4.33. The molecule has 0 unspecified atom stereocenters. The van der Waals surface area contributed by atoms with Crippen molar-refractivity contribution in [3.63, 3.8) is 0 Å². The van der Waals surface area contributed by atoms with E-state index in [0.29, 0.717) is 6.67 Å². The van der Waals surface area contributed by atoms with E-state index in [4.69, 9.17) is 0 Å². The van der Waals surface area contributed by atoms with E-state index in [1.807, 2.05) is 6.20 Å². The fourth-order valence-electron chi connectivity index (χ4n) is 4.16. The standard InChI is InChI=1S/C26H36N2O.C3H5.Pd/c1-17-12-18(2)23(19(3)13-17)28-11-10-27(16-28)22-15-20(25(4,5)6)14-21(24(22)29)26(7,8)9;1-3-2;/h10-15,29H,16H2,1-9H3;3H,1-2H2;/q;;+2/p-1. The predicted octanol–water partition coefficient (Wildman–Crippen LogP) is 6.89. The van der Waals surface area contributed by atoms with E-state index >= 15 is 0 Å². The molecule has 181 valence electrons. The molecule has 1 aliphatic heterocycles. The van der Waals surface area contributed by atoms with Gasteiger partial charge in [-0.3, -0.25) is 0 Å². The molecule has 0 N–H and O–H groups in total. The van der Waals surface area contributed by atoms with Crippen molar-refractivity contribution >= 4 is 11.4 Å². The maximum Gasteiger partial charge on any atom is 2.00 e. The van der Waals surface area contributed by atoms with Crippen molar-refractivity contribution in [3.8, 4) is 5.75 Å². The molecule has 3 nitrogen and oxygen atoms in total. The van der Waals surface area contributed by atoms with Gasteiger partial charge in [-0.15, -0.1) is 0 Å². The summed E-state index contributed by atoms with van der Waals surface area (Å²) in [5.74, 6) is 0.134. The van der Waals surface area contributed by atoms with Gasteiger partial charge in [-0.2, -0.15) is 0 Å². The Labute approximate surface area is 216 Å². The Hall–Kier alpha value is -1.76. The number of aryl methyl sites for hydroxylation is 3. The minimum Gasteiger partial charge on any atom is -0.871 e. The molecule has 0 saturated carbocycles. The molecule has 0 amide bonds. The molecule has 0 spiro atoms. The van der Waals surface area contributed by atoms with Crippen LogP contribution in [0.4, 0.5) is 11.4 Å². The van der Waals surface area contributed by atoms with Gasteiger partial charge in [0.05, 0.1) is 6.67 Å². The molecule has 2 aromatic carbocycles. The predicted molar refractivity (Wildman–Crippen MR) is 138 cm³/mol. The van der Waals surface area contributed by atoms with Crippen molar-refractivity contribution < 1.29 is 25.5 Å². The summed E-state index contributed by atoms with van der Waals surface area (Å²) in [6.07, 6.45) is 5.62. The van der Waals surface area contributed by atoms with Gasteiger partial charge < -0.3 is 14.9 Å². The average Bonchev–Trinajstić information content (AvgIpc) is 3.09. The van der Waals surface area contributed by atoms with Crippen molar-refractivity contribution in [3.05, 3.63) is 84.8 Å². The number of hydrogen-bond donors (Lipinski definition) is 0. The van der Waals surface area contributed by atoms with E-state index in [1.165, 1.54) is 34.4 Å². The smallest absolute Gasteiger partial charge is 0.871 e. The van der Waals surface area contributed by atoms with Gasteiger partial charge in [0.2, 0.25) is 0 Å². The number of rotatable bonds is 2. The molecule has 3 radical (unpaired) electrons. The third kappa shape index (κ3) is 6.87. The third-order valence-corrected chi connectivity index (χ3v) is 5.71. The summed E-state index contributed by atoms with van der Waals surface area (Å²) in [6.45, 7) is 26.5. The van der Waals surface area contributed by atoms with Crippen LogP contribution in [0.25, 0.3) is 0 Å². The van der Waals surface area contributed by atoms with Crippen molar-refractivity contribution in [2.75, 3.05) is 16.5 Å². The van der Waals surface area contributed by atoms with Crippen LogP contribution in [0.5, 0.6) is 5.75 Å². The second kappa shape index (κ2) is 11.1. The fourth-order valence-corrected chi connectivity index (χ4v) is 4.16. The van der Waals surface area contributed by atoms with Crippen LogP contribution in [0.3, 0.4) is 0 Å². The molecular weight excluding hydrogens is 499 g/mol. The average molecular weight is 539 g/mol. The summed E-state index contributed by atoms with van der Waals surface area (Å²) >= 11 is 0. The van der Waals surface area contributed by atoms with Gasteiger partial charge in [0, 0.05) is 23.8 Å². The Balaban J connectivity index is 0.00000129. The summed E-state index contributed by atoms with van der Waals surface area (Å²) in [6, 6.07) is 8.63. The first-order valence-electron chi connectivity index (χ1n) is 11.3. The molecule has 0 saturated heterocycles. The molecule has 33 heavy (non-hydrogen) atoms. The molecule has 1 heterocycles. The van der Waals surface area contributed by atoms with Crippen molar-refractivity contribution in [1.29, 1.82) is 0 Å². The van der Waals surface area contributed by atoms with E-state index < -0.39 is 0 Å². The van der Waals surface area contributed by atoms with Crippen LogP contribution in [0.2, 0.25) is 0 Å². The quantitative estimate of drug-likeness (QED) is 0.390. The van der Waals surface area contributed by atoms with E-state index in [0.717, 1.165) is 11.3 Å².